The maximum Gasteiger partial charge on any atom is 0.255 e. The first kappa shape index (κ1) is 17.1. The van der Waals surface area contributed by atoms with Gasteiger partial charge >= 0.3 is 0 Å². The predicted octanol–water partition coefficient (Wildman–Crippen LogP) is 2.24. The van der Waals surface area contributed by atoms with Crippen molar-refractivity contribution in [3.63, 3.8) is 0 Å². The molecule has 3 heterocycles. The van der Waals surface area contributed by atoms with Crippen LogP contribution < -0.4 is 9.64 Å². The minimum atomic E-state index is 0.0133. The number of aromatic nitrogens is 3. The molecule has 7 nitrogen and oxygen atoms in total. The fourth-order valence-corrected chi connectivity index (χ4v) is 3.28. The van der Waals surface area contributed by atoms with E-state index < -0.39 is 0 Å². The van der Waals surface area contributed by atoms with E-state index in [0.717, 1.165) is 30.3 Å². The maximum absolute atomic E-state index is 12.8. The molecule has 0 radical (unpaired) electrons. The second kappa shape index (κ2) is 7.49. The number of carbonyl (C=O) groups is 1. The highest BCUT2D eigenvalue weighted by Crippen LogP contribution is 2.28. The number of hydrogen-bond acceptors (Lipinski definition) is 5. The van der Waals surface area contributed by atoms with Crippen LogP contribution in [0.25, 0.3) is 5.82 Å². The molecule has 138 valence electrons. The molecule has 7 heteroatoms. The second-order valence-corrected chi connectivity index (χ2v) is 6.33. The first-order valence-electron chi connectivity index (χ1n) is 8.88. The lowest BCUT2D eigenvalue weighted by Crippen LogP contribution is -2.48. The largest absolute Gasteiger partial charge is 0.495 e. The summed E-state index contributed by atoms with van der Waals surface area (Å²) in [6.07, 6.45) is 6.83. The lowest BCUT2D eigenvalue weighted by atomic mass is 10.2. The zero-order valence-electron chi connectivity index (χ0n) is 15.2. The molecule has 1 amide bonds. The number of amides is 1. The number of carbonyl (C=O) groups excluding carboxylic acids is 1. The summed E-state index contributed by atoms with van der Waals surface area (Å²) in [6, 6.07) is 11.6. The number of para-hydroxylation sites is 2. The first-order valence-corrected chi connectivity index (χ1v) is 8.88. The van der Waals surface area contributed by atoms with Crippen LogP contribution in [0.1, 0.15) is 10.4 Å². The molecule has 0 saturated carbocycles. The normalized spacial score (nSPS) is 14.3. The molecule has 0 aliphatic carbocycles. The Morgan fingerprint density at radius 3 is 2.56 bits per heavy atom. The zero-order valence-corrected chi connectivity index (χ0v) is 15.2. The predicted molar refractivity (Wildman–Crippen MR) is 102 cm³/mol. The Labute approximate surface area is 157 Å². The molecule has 0 atom stereocenters. The molecule has 0 N–H and O–H groups in total. The smallest absolute Gasteiger partial charge is 0.255 e. The van der Waals surface area contributed by atoms with E-state index >= 15 is 0 Å². The third kappa shape index (κ3) is 3.48. The Balaban J connectivity index is 1.41. The first-order chi connectivity index (χ1) is 13.3. The number of anilines is 1. The summed E-state index contributed by atoms with van der Waals surface area (Å²) in [5.41, 5.74) is 1.67. The SMILES string of the molecule is COc1ccccc1N1CCN(C(=O)c2ccc(-n3ccnc3)nc2)CC1. The van der Waals surface area contributed by atoms with Gasteiger partial charge in [-0.25, -0.2) is 9.97 Å². The van der Waals surface area contributed by atoms with E-state index in [9.17, 15) is 4.79 Å². The van der Waals surface area contributed by atoms with Crippen molar-refractivity contribution in [2.75, 3.05) is 38.2 Å². The minimum absolute atomic E-state index is 0.0133. The van der Waals surface area contributed by atoms with Gasteiger partial charge in [0.2, 0.25) is 0 Å². The number of ether oxygens (including phenoxy) is 1. The van der Waals surface area contributed by atoms with E-state index in [4.69, 9.17) is 4.74 Å². The van der Waals surface area contributed by atoms with Crippen LogP contribution in [0.2, 0.25) is 0 Å². The molecule has 1 aromatic carbocycles. The number of nitrogens with zero attached hydrogens (tertiary/aromatic N) is 5. The van der Waals surface area contributed by atoms with Crippen LogP contribution >= 0.6 is 0 Å². The summed E-state index contributed by atoms with van der Waals surface area (Å²) in [4.78, 5) is 25.3. The lowest BCUT2D eigenvalue weighted by Gasteiger charge is -2.36. The molecule has 0 bridgehead atoms. The summed E-state index contributed by atoms with van der Waals surface area (Å²) >= 11 is 0. The second-order valence-electron chi connectivity index (χ2n) is 6.33. The summed E-state index contributed by atoms with van der Waals surface area (Å²) in [5, 5.41) is 0. The topological polar surface area (TPSA) is 63.5 Å². The van der Waals surface area contributed by atoms with Crippen LogP contribution in [0, 0.1) is 0 Å². The molecular weight excluding hydrogens is 342 g/mol. The Bertz CT molecular complexity index is 900. The van der Waals surface area contributed by atoms with Crippen LogP contribution in [0.15, 0.2) is 61.3 Å². The van der Waals surface area contributed by atoms with E-state index in [1.165, 1.54) is 0 Å². The molecule has 0 unspecified atom stereocenters. The van der Waals surface area contributed by atoms with Gasteiger partial charge in [-0.05, 0) is 24.3 Å². The molecule has 3 aromatic rings. The van der Waals surface area contributed by atoms with Crippen LogP contribution in [-0.4, -0.2) is 58.6 Å². The number of hydrogen-bond donors (Lipinski definition) is 0. The van der Waals surface area contributed by atoms with E-state index in [1.54, 1.807) is 30.4 Å². The summed E-state index contributed by atoms with van der Waals surface area (Å²) < 4.78 is 7.25. The number of pyridine rings is 1. The quantitative estimate of drug-likeness (QED) is 0.711. The van der Waals surface area contributed by atoms with Crippen LogP contribution in [0.5, 0.6) is 5.75 Å². The van der Waals surface area contributed by atoms with Gasteiger partial charge < -0.3 is 14.5 Å². The van der Waals surface area contributed by atoms with Gasteiger partial charge in [0.25, 0.3) is 5.91 Å². The number of piperazine rings is 1. The lowest BCUT2D eigenvalue weighted by molar-refractivity contribution is 0.0746. The molecule has 2 aromatic heterocycles. The van der Waals surface area contributed by atoms with Crippen LogP contribution in [-0.2, 0) is 0 Å². The molecule has 1 fully saturated rings. The number of methoxy groups -OCH3 is 1. The van der Waals surface area contributed by atoms with Crippen molar-refractivity contribution in [3.8, 4) is 11.6 Å². The molecule has 27 heavy (non-hydrogen) atoms. The van der Waals surface area contributed by atoms with Gasteiger partial charge in [0, 0.05) is 44.8 Å². The van der Waals surface area contributed by atoms with Crippen molar-refractivity contribution in [2.45, 2.75) is 0 Å². The molecule has 4 rings (SSSR count). The van der Waals surface area contributed by atoms with Crippen molar-refractivity contribution >= 4 is 11.6 Å². The zero-order chi connectivity index (χ0) is 18.6. The summed E-state index contributed by atoms with van der Waals surface area (Å²) in [7, 11) is 1.68. The van der Waals surface area contributed by atoms with Crippen LogP contribution in [0.3, 0.4) is 0 Å². The monoisotopic (exact) mass is 363 g/mol. The molecule has 1 aliphatic heterocycles. The highest BCUT2D eigenvalue weighted by molar-refractivity contribution is 5.94. The average Bonchev–Trinajstić information content (AvgIpc) is 3.28. The van der Waals surface area contributed by atoms with Gasteiger partial charge in [-0.2, -0.15) is 0 Å². The van der Waals surface area contributed by atoms with Gasteiger partial charge in [0.05, 0.1) is 18.4 Å². The molecule has 1 aliphatic rings. The average molecular weight is 363 g/mol. The third-order valence-corrected chi connectivity index (χ3v) is 4.76. The van der Waals surface area contributed by atoms with Crippen molar-refractivity contribution in [2.24, 2.45) is 0 Å². The minimum Gasteiger partial charge on any atom is -0.495 e. The van der Waals surface area contributed by atoms with E-state index in [-0.39, 0.29) is 5.91 Å². The van der Waals surface area contributed by atoms with E-state index in [2.05, 4.69) is 20.9 Å². The standard InChI is InChI=1S/C20H21N5O2/c1-27-18-5-3-2-4-17(18)23-10-12-24(13-11-23)20(26)16-6-7-19(22-14-16)25-9-8-21-15-25/h2-9,14-15H,10-13H2,1H3. The Hall–Kier alpha value is -3.35. The van der Waals surface area contributed by atoms with Crippen molar-refractivity contribution in [1.82, 2.24) is 19.4 Å². The van der Waals surface area contributed by atoms with Gasteiger partial charge in [-0.1, -0.05) is 12.1 Å². The summed E-state index contributed by atoms with van der Waals surface area (Å²) in [5.74, 6) is 1.61. The van der Waals surface area contributed by atoms with Gasteiger partial charge in [0.15, 0.2) is 0 Å². The van der Waals surface area contributed by atoms with Crippen molar-refractivity contribution in [1.29, 1.82) is 0 Å². The van der Waals surface area contributed by atoms with Gasteiger partial charge in [-0.3, -0.25) is 9.36 Å². The molecule has 1 saturated heterocycles. The van der Waals surface area contributed by atoms with Crippen molar-refractivity contribution in [3.05, 3.63) is 66.9 Å². The van der Waals surface area contributed by atoms with E-state index in [1.807, 2.05) is 41.4 Å². The number of imidazole rings is 1. The van der Waals surface area contributed by atoms with E-state index in [0.29, 0.717) is 18.7 Å². The maximum atomic E-state index is 12.8. The van der Waals surface area contributed by atoms with Gasteiger partial charge in [-0.15, -0.1) is 0 Å². The molecular formula is C20H21N5O2. The van der Waals surface area contributed by atoms with Crippen LogP contribution in [0.4, 0.5) is 5.69 Å². The Morgan fingerprint density at radius 2 is 1.89 bits per heavy atom. The van der Waals surface area contributed by atoms with Gasteiger partial charge in [0.1, 0.15) is 17.9 Å². The Kier molecular flexibility index (Phi) is 4.74. The fraction of sp³-hybridized carbons (Fsp3) is 0.250. The summed E-state index contributed by atoms with van der Waals surface area (Å²) in [6.45, 7) is 2.87. The molecule has 0 spiro atoms. The highest BCUT2D eigenvalue weighted by atomic mass is 16.5. The highest BCUT2D eigenvalue weighted by Gasteiger charge is 2.23. The van der Waals surface area contributed by atoms with Crippen molar-refractivity contribution < 1.29 is 9.53 Å². The fourth-order valence-electron chi connectivity index (χ4n) is 3.28. The third-order valence-electron chi connectivity index (χ3n) is 4.76. The number of benzene rings is 1. The Morgan fingerprint density at radius 1 is 1.07 bits per heavy atom. The number of rotatable bonds is 4.